The van der Waals surface area contributed by atoms with Gasteiger partial charge in [0.2, 0.25) is 0 Å². The molecule has 0 amide bonds. The quantitative estimate of drug-likeness (QED) is 0.229. The molecule has 2 saturated heterocycles. The number of carbonyl (C=O) groups excluding carboxylic acids is 1. The van der Waals surface area contributed by atoms with E-state index in [-0.39, 0.29) is 11.4 Å². The van der Waals surface area contributed by atoms with Crippen molar-refractivity contribution in [2.45, 2.75) is 83.5 Å². The van der Waals surface area contributed by atoms with Crippen LogP contribution < -0.4 is 14.5 Å². The number of benzene rings is 1. The van der Waals surface area contributed by atoms with Crippen LogP contribution in [0.4, 0.5) is 14.6 Å². The van der Waals surface area contributed by atoms with Crippen molar-refractivity contribution in [2.24, 2.45) is 0 Å². The Morgan fingerprint density at radius 3 is 2.55 bits per heavy atom. The molecule has 0 spiro atoms. The number of hydrogen-bond acceptors (Lipinski definition) is 11. The Kier molecular flexibility index (Phi) is 8.98. The van der Waals surface area contributed by atoms with Crippen molar-refractivity contribution >= 4 is 30.7 Å². The normalized spacial score (nSPS) is 27.5. The van der Waals surface area contributed by atoms with E-state index < -0.39 is 56.3 Å². The Balaban J connectivity index is 1.41. The number of carbonyl (C=O) groups is 1. The number of halogens is 2. The van der Waals surface area contributed by atoms with E-state index >= 15 is 8.78 Å². The van der Waals surface area contributed by atoms with Gasteiger partial charge in [0.05, 0.1) is 12.4 Å². The fourth-order valence-corrected chi connectivity index (χ4v) is 6.70. The molecule has 240 valence electrons. The second kappa shape index (κ2) is 12.3. The van der Waals surface area contributed by atoms with Crippen molar-refractivity contribution < 1.29 is 41.8 Å². The van der Waals surface area contributed by atoms with Crippen LogP contribution in [0.25, 0.3) is 11.2 Å². The zero-order valence-corrected chi connectivity index (χ0v) is 26.0. The number of ether oxygens (including phenoxy) is 2. The molecule has 16 heteroatoms. The van der Waals surface area contributed by atoms with Crippen LogP contribution in [-0.2, 0) is 23.4 Å². The zero-order chi connectivity index (χ0) is 31.9. The zero-order valence-electron chi connectivity index (χ0n) is 25.1. The lowest BCUT2D eigenvalue weighted by Gasteiger charge is -2.28. The van der Waals surface area contributed by atoms with E-state index in [1.165, 1.54) is 30.0 Å². The molecule has 0 unspecified atom stereocenters. The minimum Gasteiger partial charge on any atom is -0.462 e. The van der Waals surface area contributed by atoms with Crippen LogP contribution in [0, 0.1) is 6.92 Å². The van der Waals surface area contributed by atoms with Crippen molar-refractivity contribution in [3.05, 3.63) is 42.5 Å². The van der Waals surface area contributed by atoms with Crippen LogP contribution in [0.2, 0.25) is 0 Å². The molecular weight excluding hydrogens is 601 g/mol. The smallest absolute Gasteiger partial charge is 0.459 e. The number of imidazole rings is 1. The van der Waals surface area contributed by atoms with Crippen molar-refractivity contribution in [3.63, 3.8) is 0 Å². The summed E-state index contributed by atoms with van der Waals surface area (Å²) in [4.78, 5) is 27.8. The van der Waals surface area contributed by atoms with Crippen LogP contribution in [0.3, 0.4) is 0 Å². The van der Waals surface area contributed by atoms with Crippen LogP contribution in [0.5, 0.6) is 5.75 Å². The van der Waals surface area contributed by atoms with Gasteiger partial charge in [0.25, 0.3) is 5.85 Å². The van der Waals surface area contributed by atoms with Gasteiger partial charge in [-0.15, -0.1) is 0 Å². The number of hydrogen-bond donors (Lipinski definition) is 2. The number of nitrogens with one attached hydrogen (secondary N) is 1. The minimum absolute atomic E-state index is 0.0792. The van der Waals surface area contributed by atoms with Gasteiger partial charge in [-0.25, -0.2) is 28.3 Å². The molecule has 1 aromatic carbocycles. The lowest BCUT2D eigenvalue weighted by molar-refractivity contribution is -0.202. The van der Waals surface area contributed by atoms with Crippen molar-refractivity contribution in [1.29, 1.82) is 0 Å². The number of para-hydroxylation sites is 1. The highest BCUT2D eigenvalue weighted by Crippen LogP contribution is 2.52. The largest absolute Gasteiger partial charge is 0.462 e. The average molecular weight is 639 g/mol. The Bertz CT molecular complexity index is 1540. The van der Waals surface area contributed by atoms with Crippen molar-refractivity contribution in [3.8, 4) is 5.75 Å². The molecule has 6 atom stereocenters. The van der Waals surface area contributed by atoms with E-state index in [2.05, 4.69) is 24.9 Å². The molecule has 2 fully saturated rings. The van der Waals surface area contributed by atoms with E-state index in [1.54, 1.807) is 39.0 Å². The summed E-state index contributed by atoms with van der Waals surface area (Å²) in [6.07, 6.45) is -1.36. The van der Waals surface area contributed by atoms with Crippen LogP contribution in [0.15, 0.2) is 36.7 Å². The van der Waals surface area contributed by atoms with E-state index in [0.29, 0.717) is 17.2 Å². The van der Waals surface area contributed by atoms with E-state index in [1.807, 2.05) is 0 Å². The molecule has 0 aliphatic carbocycles. The van der Waals surface area contributed by atoms with Gasteiger partial charge in [-0.3, -0.25) is 13.9 Å². The lowest BCUT2D eigenvalue weighted by atomic mass is 9.97. The summed E-state index contributed by atoms with van der Waals surface area (Å²) in [6, 6.07) is 6.63. The number of aryl methyl sites for hydroxylation is 1. The van der Waals surface area contributed by atoms with Crippen molar-refractivity contribution in [1.82, 2.24) is 24.6 Å². The topological polar surface area (TPSA) is 150 Å². The number of alkyl halides is 2. The number of aromatic nitrogens is 4. The van der Waals surface area contributed by atoms with Crippen LogP contribution in [-0.4, -0.2) is 80.1 Å². The first-order chi connectivity index (χ1) is 20.7. The number of rotatable bonds is 11. The van der Waals surface area contributed by atoms with Gasteiger partial charge in [-0.2, -0.15) is 5.09 Å². The molecule has 44 heavy (non-hydrogen) atoms. The van der Waals surface area contributed by atoms with E-state index in [0.717, 1.165) is 32.9 Å². The molecule has 2 aliphatic rings. The monoisotopic (exact) mass is 638 g/mol. The van der Waals surface area contributed by atoms with Gasteiger partial charge in [0.15, 0.2) is 35.0 Å². The average Bonchev–Trinajstić information content (AvgIpc) is 3.68. The Labute approximate surface area is 253 Å². The molecule has 0 radical (unpaired) electrons. The molecular formula is C28H37F2N6O7P. The molecule has 3 aromatic rings. The third kappa shape index (κ3) is 6.43. The predicted molar refractivity (Wildman–Crippen MR) is 155 cm³/mol. The summed E-state index contributed by atoms with van der Waals surface area (Å²) in [5.74, 6) is -2.92. The maximum absolute atomic E-state index is 16.4. The summed E-state index contributed by atoms with van der Waals surface area (Å²) < 4.78 is 69.2. The summed E-state index contributed by atoms with van der Waals surface area (Å²) in [6.45, 7) is 7.62. The number of esters is 1. The second-order valence-electron chi connectivity index (χ2n) is 11.4. The summed E-state index contributed by atoms with van der Waals surface area (Å²) in [5, 5.41) is 13.3. The highest BCUT2D eigenvalue weighted by Gasteiger charge is 2.65. The van der Waals surface area contributed by atoms with Gasteiger partial charge in [0.1, 0.15) is 24.2 Å². The Morgan fingerprint density at radius 1 is 1.20 bits per heavy atom. The second-order valence-corrected chi connectivity index (χ2v) is 13.1. The maximum Gasteiger partial charge on any atom is 0.459 e. The summed E-state index contributed by atoms with van der Waals surface area (Å²) in [7, 11) is -4.55. The Morgan fingerprint density at radius 2 is 1.89 bits per heavy atom. The lowest BCUT2D eigenvalue weighted by Crippen LogP contribution is -2.47. The number of fused-ring (bicyclic) bond motifs is 1. The van der Waals surface area contributed by atoms with E-state index in [4.69, 9.17) is 18.5 Å². The predicted octanol–water partition coefficient (Wildman–Crippen LogP) is 4.15. The SMILES string of the molecule is Cc1nc(N2CCCC2)c2ncn([C@@H]3O[C@](F)(CO[P@](=O)(N[C@@H](C)C(=O)OC(C)C)Oc4ccccc4)[C@@H](O)[C@@]3(C)F)c2n1. The molecule has 2 N–H and O–H groups in total. The van der Waals surface area contributed by atoms with Crippen LogP contribution >= 0.6 is 7.75 Å². The standard InChI is InChI=1S/C28H37F2N6O7P/c1-17(2)41-24(37)18(3)34-44(39,43-20-11-7-6-8-12-20)40-15-28(30)25(38)27(5,29)26(42-28)36-16-31-21-22(35-13-9-10-14-35)32-19(4)33-23(21)36/h6-8,11-12,16-18,25-26,38H,9-10,13-15H2,1-5H3,(H,34,39)/t18-,25-,26+,27+,28+,44+/m0/s1. The highest BCUT2D eigenvalue weighted by atomic mass is 31.2. The van der Waals surface area contributed by atoms with Gasteiger partial charge in [-0.05, 0) is 59.6 Å². The molecule has 0 saturated carbocycles. The third-order valence-corrected chi connectivity index (χ3v) is 8.99. The molecule has 2 aliphatic heterocycles. The maximum atomic E-state index is 16.4. The minimum atomic E-state index is -4.55. The molecule has 0 bridgehead atoms. The number of aliphatic hydroxyl groups is 1. The van der Waals surface area contributed by atoms with Gasteiger partial charge < -0.3 is 24.0 Å². The van der Waals surface area contributed by atoms with Gasteiger partial charge >= 0.3 is 13.7 Å². The fraction of sp³-hybridized carbons (Fsp3) is 0.571. The summed E-state index contributed by atoms with van der Waals surface area (Å²) in [5.41, 5.74) is -2.14. The first-order valence-corrected chi connectivity index (χ1v) is 15.9. The number of nitrogens with zero attached hydrogens (tertiary/aromatic N) is 5. The first kappa shape index (κ1) is 32.2. The third-order valence-electron chi connectivity index (χ3n) is 7.36. The fourth-order valence-electron chi connectivity index (χ4n) is 5.20. The van der Waals surface area contributed by atoms with Crippen molar-refractivity contribution in [2.75, 3.05) is 24.6 Å². The molecule has 5 rings (SSSR count). The van der Waals surface area contributed by atoms with Crippen LogP contribution in [0.1, 0.15) is 52.6 Å². The molecule has 4 heterocycles. The summed E-state index contributed by atoms with van der Waals surface area (Å²) >= 11 is 0. The molecule has 13 nitrogen and oxygen atoms in total. The van der Waals surface area contributed by atoms with Gasteiger partial charge in [-0.1, -0.05) is 18.2 Å². The molecule has 2 aromatic heterocycles. The van der Waals surface area contributed by atoms with Gasteiger partial charge in [0, 0.05) is 13.1 Å². The Hall–Kier alpha value is -3.23. The number of anilines is 1. The first-order valence-electron chi connectivity index (χ1n) is 14.4. The highest BCUT2D eigenvalue weighted by molar-refractivity contribution is 7.52. The van der Waals surface area contributed by atoms with E-state index in [9.17, 15) is 14.5 Å². The number of aliphatic hydroxyl groups excluding tert-OH is 1.